The van der Waals surface area contributed by atoms with E-state index < -0.39 is 0 Å². The van der Waals surface area contributed by atoms with Crippen LogP contribution in [0.1, 0.15) is 35.7 Å². The maximum Gasteiger partial charge on any atom is 0.246 e. The van der Waals surface area contributed by atoms with Crippen molar-refractivity contribution in [3.63, 3.8) is 0 Å². The predicted octanol–water partition coefficient (Wildman–Crippen LogP) is 3.02. The molecule has 4 rings (SSSR count). The predicted molar refractivity (Wildman–Crippen MR) is 102 cm³/mol. The fourth-order valence-electron chi connectivity index (χ4n) is 3.47. The van der Waals surface area contributed by atoms with Crippen molar-refractivity contribution >= 4 is 17.6 Å². The maximum absolute atomic E-state index is 12.6. The lowest BCUT2D eigenvalue weighted by Crippen LogP contribution is -2.38. The molecule has 1 aliphatic heterocycles. The largest absolute Gasteiger partial charge is 0.338 e. The summed E-state index contributed by atoms with van der Waals surface area (Å²) in [6.45, 7) is 1.40. The Bertz CT molecular complexity index is 1030. The second-order valence-electron chi connectivity index (χ2n) is 6.68. The van der Waals surface area contributed by atoms with Crippen molar-refractivity contribution in [3.05, 3.63) is 71.7 Å². The molecule has 134 valence electrons. The molecule has 27 heavy (non-hydrogen) atoms. The van der Waals surface area contributed by atoms with Crippen LogP contribution in [-0.4, -0.2) is 38.5 Å². The Morgan fingerprint density at radius 1 is 1.19 bits per heavy atom. The lowest BCUT2D eigenvalue weighted by Gasteiger charge is -2.31. The van der Waals surface area contributed by atoms with Crippen molar-refractivity contribution in [1.29, 1.82) is 5.26 Å². The first-order chi connectivity index (χ1) is 13.2. The molecule has 3 aromatic rings. The monoisotopic (exact) mass is 357 g/mol. The van der Waals surface area contributed by atoms with Crippen LogP contribution < -0.4 is 0 Å². The van der Waals surface area contributed by atoms with Crippen LogP contribution >= 0.6 is 0 Å². The quantitative estimate of drug-likeness (QED) is 0.675. The number of rotatable bonds is 3. The highest BCUT2D eigenvalue weighted by molar-refractivity contribution is 5.91. The van der Waals surface area contributed by atoms with E-state index in [2.05, 4.69) is 16.3 Å². The number of nitrogens with zero attached hydrogens (tertiary/aromatic N) is 5. The van der Waals surface area contributed by atoms with Crippen LogP contribution in [0.3, 0.4) is 0 Å². The van der Waals surface area contributed by atoms with Gasteiger partial charge < -0.3 is 4.90 Å². The maximum atomic E-state index is 12.6. The number of nitriles is 1. The summed E-state index contributed by atoms with van der Waals surface area (Å²) in [4.78, 5) is 14.5. The average molecular weight is 357 g/mol. The summed E-state index contributed by atoms with van der Waals surface area (Å²) < 4.78 is 2.01. The van der Waals surface area contributed by atoms with E-state index in [4.69, 9.17) is 5.26 Å². The first-order valence-corrected chi connectivity index (χ1v) is 9.01. The summed E-state index contributed by atoms with van der Waals surface area (Å²) in [6, 6.07) is 15.1. The van der Waals surface area contributed by atoms with E-state index in [0.717, 1.165) is 36.4 Å². The third kappa shape index (κ3) is 3.58. The Labute approximate surface area is 157 Å². The molecule has 1 aliphatic rings. The first-order valence-electron chi connectivity index (χ1n) is 9.01. The molecular weight excluding hydrogens is 338 g/mol. The van der Waals surface area contributed by atoms with Gasteiger partial charge in [-0.1, -0.05) is 18.2 Å². The number of hydrogen-bond donors (Lipinski definition) is 0. The molecule has 0 spiro atoms. The number of hydrogen-bond acceptors (Lipinski definition) is 4. The molecule has 1 atom stereocenters. The lowest BCUT2D eigenvalue weighted by atomic mass is 9.97. The fourth-order valence-corrected chi connectivity index (χ4v) is 3.47. The van der Waals surface area contributed by atoms with Crippen LogP contribution in [0.15, 0.2) is 54.7 Å². The number of amides is 1. The Kier molecular flexibility index (Phi) is 4.67. The van der Waals surface area contributed by atoms with Crippen molar-refractivity contribution < 1.29 is 4.79 Å². The summed E-state index contributed by atoms with van der Waals surface area (Å²) in [7, 11) is 0. The summed E-state index contributed by atoms with van der Waals surface area (Å²) in [5.74, 6) is 1.10. The molecule has 0 bridgehead atoms. The minimum atomic E-state index is -0.00196. The summed E-state index contributed by atoms with van der Waals surface area (Å²) in [6.07, 6.45) is 7.31. The van der Waals surface area contributed by atoms with E-state index >= 15 is 0 Å². The van der Waals surface area contributed by atoms with Gasteiger partial charge in [-0.15, -0.1) is 10.2 Å². The number of benzene rings is 1. The average Bonchev–Trinajstić information content (AvgIpc) is 3.16. The van der Waals surface area contributed by atoms with Crippen LogP contribution in [0.2, 0.25) is 0 Å². The highest BCUT2D eigenvalue weighted by atomic mass is 16.2. The lowest BCUT2D eigenvalue weighted by molar-refractivity contribution is -0.127. The van der Waals surface area contributed by atoms with Crippen molar-refractivity contribution in [2.24, 2.45) is 0 Å². The van der Waals surface area contributed by atoms with Gasteiger partial charge in [-0.05, 0) is 48.7 Å². The van der Waals surface area contributed by atoms with Gasteiger partial charge in [0.25, 0.3) is 0 Å². The van der Waals surface area contributed by atoms with Crippen LogP contribution in [0, 0.1) is 11.3 Å². The number of fused-ring (bicyclic) bond motifs is 1. The first kappa shape index (κ1) is 17.0. The van der Waals surface area contributed by atoms with E-state index in [9.17, 15) is 4.79 Å². The molecule has 0 saturated carbocycles. The van der Waals surface area contributed by atoms with Gasteiger partial charge in [0.05, 0.1) is 11.6 Å². The molecule has 1 fully saturated rings. The van der Waals surface area contributed by atoms with Crippen molar-refractivity contribution in [2.75, 3.05) is 13.1 Å². The zero-order valence-corrected chi connectivity index (χ0v) is 14.8. The second kappa shape index (κ2) is 7.42. The highest BCUT2D eigenvalue weighted by Gasteiger charge is 2.26. The number of carbonyl (C=O) groups is 1. The van der Waals surface area contributed by atoms with Gasteiger partial charge in [-0.25, -0.2) is 0 Å². The molecule has 6 heteroatoms. The molecule has 1 amide bonds. The van der Waals surface area contributed by atoms with Crippen LogP contribution in [-0.2, 0) is 4.79 Å². The molecule has 3 heterocycles. The van der Waals surface area contributed by atoms with Gasteiger partial charge in [0.15, 0.2) is 5.65 Å². The minimum absolute atomic E-state index is 0.00196. The summed E-state index contributed by atoms with van der Waals surface area (Å²) in [5, 5.41) is 17.4. The summed E-state index contributed by atoms with van der Waals surface area (Å²) in [5.41, 5.74) is 2.34. The fraction of sp³-hybridized carbons (Fsp3) is 0.238. The number of carbonyl (C=O) groups excluding carboxylic acids is 1. The van der Waals surface area contributed by atoms with Crippen LogP contribution in [0.5, 0.6) is 0 Å². The Morgan fingerprint density at radius 3 is 2.85 bits per heavy atom. The van der Waals surface area contributed by atoms with Crippen LogP contribution in [0.4, 0.5) is 0 Å². The Morgan fingerprint density at radius 2 is 2.04 bits per heavy atom. The second-order valence-corrected chi connectivity index (χ2v) is 6.68. The zero-order valence-electron chi connectivity index (χ0n) is 14.8. The number of aromatic nitrogens is 3. The number of piperidine rings is 1. The normalized spacial score (nSPS) is 17.3. The van der Waals surface area contributed by atoms with Gasteiger partial charge in [0, 0.05) is 31.3 Å². The van der Waals surface area contributed by atoms with E-state index in [1.165, 1.54) is 0 Å². The zero-order chi connectivity index (χ0) is 18.6. The molecule has 1 aromatic carbocycles. The molecule has 2 aromatic heterocycles. The van der Waals surface area contributed by atoms with Gasteiger partial charge in [0.1, 0.15) is 5.82 Å². The third-order valence-corrected chi connectivity index (χ3v) is 4.90. The number of pyridine rings is 1. The SMILES string of the molecule is N#Cc1ccc(/C=C/C(=O)N2CCC[C@@H](c3nnc4ccccn34)C2)cc1. The molecule has 1 saturated heterocycles. The third-order valence-electron chi connectivity index (χ3n) is 4.90. The molecular formula is C21H19N5O. The van der Waals surface area contributed by atoms with E-state index in [0.29, 0.717) is 12.1 Å². The van der Waals surface area contributed by atoms with Crippen molar-refractivity contribution in [1.82, 2.24) is 19.5 Å². The molecule has 0 aliphatic carbocycles. The van der Waals surface area contributed by atoms with Gasteiger partial charge >= 0.3 is 0 Å². The Balaban J connectivity index is 1.46. The smallest absolute Gasteiger partial charge is 0.246 e. The van der Waals surface area contributed by atoms with Gasteiger partial charge in [0.2, 0.25) is 5.91 Å². The Hall–Kier alpha value is -3.46. The van der Waals surface area contributed by atoms with E-state index in [1.54, 1.807) is 24.3 Å². The van der Waals surface area contributed by atoms with E-state index in [1.807, 2.05) is 45.8 Å². The topological polar surface area (TPSA) is 74.3 Å². The standard InChI is InChI=1S/C21H19N5O/c22-14-17-8-6-16(7-9-17)10-11-20(27)25-12-3-4-18(15-25)21-24-23-19-5-1-2-13-26(19)21/h1-2,5-11,13,18H,3-4,12,15H2/b11-10+/t18-/m1/s1. The molecule has 0 N–H and O–H groups in total. The van der Waals surface area contributed by atoms with Gasteiger partial charge in [-0.3, -0.25) is 9.20 Å². The number of likely N-dealkylation sites (tertiary alicyclic amines) is 1. The van der Waals surface area contributed by atoms with E-state index in [-0.39, 0.29) is 11.8 Å². The molecule has 0 unspecified atom stereocenters. The van der Waals surface area contributed by atoms with Crippen molar-refractivity contribution in [3.8, 4) is 6.07 Å². The highest BCUT2D eigenvalue weighted by Crippen LogP contribution is 2.26. The molecule has 0 radical (unpaired) electrons. The molecule has 6 nitrogen and oxygen atoms in total. The summed E-state index contributed by atoms with van der Waals surface area (Å²) >= 11 is 0. The van der Waals surface area contributed by atoms with Gasteiger partial charge in [-0.2, -0.15) is 5.26 Å². The minimum Gasteiger partial charge on any atom is -0.338 e. The van der Waals surface area contributed by atoms with Crippen molar-refractivity contribution in [2.45, 2.75) is 18.8 Å². The van der Waals surface area contributed by atoms with Crippen LogP contribution in [0.25, 0.3) is 11.7 Å².